The highest BCUT2D eigenvalue weighted by atomic mass is 32.1. The number of fused-ring (bicyclic) bond motifs is 20. The highest BCUT2D eigenvalue weighted by Gasteiger charge is 2.26. The lowest BCUT2D eigenvalue weighted by atomic mass is 9.99. The molecule has 0 atom stereocenters. The van der Waals surface area contributed by atoms with E-state index in [9.17, 15) is 15.1 Å². The first kappa shape index (κ1) is 38.6. The van der Waals surface area contributed by atoms with E-state index >= 15 is 0 Å². The molecule has 15 aromatic carbocycles. The summed E-state index contributed by atoms with van der Waals surface area (Å²) in [4.78, 5) is 29.3. The number of benzene rings is 15. The molecule has 0 amide bonds. The summed E-state index contributed by atoms with van der Waals surface area (Å²) in [6.45, 7) is 0. The Labute approximate surface area is 666 Å². The lowest BCUT2D eigenvalue weighted by molar-refractivity contribution is 0.668. The summed E-state index contributed by atoms with van der Waals surface area (Å²) in [7, 11) is 0. The van der Waals surface area contributed by atoms with Gasteiger partial charge in [0.2, 0.25) is 11.9 Å². The minimum Gasteiger partial charge on any atom is -0.456 e. The molecule has 504 valence electrons. The summed E-state index contributed by atoms with van der Waals surface area (Å²) in [5, 5.41) is 3.88. The van der Waals surface area contributed by atoms with Gasteiger partial charge < -0.3 is 8.83 Å². The molecule has 0 saturated heterocycles. The molecule has 0 aliphatic carbocycles. The Hall–Kier alpha value is -14.0. The average Bonchev–Trinajstić information content (AvgIpc) is 1.52. The van der Waals surface area contributed by atoms with Crippen LogP contribution < -0.4 is 0 Å². The van der Waals surface area contributed by atoms with Crippen molar-refractivity contribution in [3.63, 3.8) is 0 Å². The molecule has 0 fully saturated rings. The Morgan fingerprint density at radius 1 is 0.259 bits per heavy atom. The maximum absolute atomic E-state index is 9.79. The van der Waals surface area contributed by atoms with Crippen molar-refractivity contribution in [2.45, 2.75) is 0 Å². The van der Waals surface area contributed by atoms with Gasteiger partial charge >= 0.3 is 0 Å². The number of hydrogen-bond acceptors (Lipinski definition) is 10. The van der Waals surface area contributed by atoms with Gasteiger partial charge in [0.05, 0.1) is 63.2 Å². The van der Waals surface area contributed by atoms with Crippen molar-refractivity contribution >= 4 is 151 Å². The van der Waals surface area contributed by atoms with Crippen LogP contribution in [0.4, 0.5) is 0 Å². The number of hydrogen-bond donors (Lipinski definition) is 0. The van der Waals surface area contributed by atoms with E-state index in [1.165, 1.54) is 14.8 Å². The third kappa shape index (κ3) is 9.99. The summed E-state index contributed by atoms with van der Waals surface area (Å²) in [5.74, 6) is -0.828. The highest BCUT2D eigenvalue weighted by molar-refractivity contribution is 7.26. The van der Waals surface area contributed by atoms with Crippen LogP contribution in [0.15, 0.2) is 348 Å². The fourth-order valence-corrected chi connectivity index (χ4v) is 16.2. The average molecular weight is 1450 g/mol. The summed E-state index contributed by atoms with van der Waals surface area (Å²) < 4.78 is 286. The van der Waals surface area contributed by atoms with Crippen molar-refractivity contribution in [1.29, 1.82) is 0 Å². The van der Waals surface area contributed by atoms with Gasteiger partial charge in [-0.1, -0.05) is 266 Å². The molecule has 108 heavy (non-hydrogen) atoms. The molecule has 0 aliphatic heterocycles. The van der Waals surface area contributed by atoms with E-state index in [0.29, 0.717) is 45.3 Å². The second-order valence-electron chi connectivity index (χ2n) is 24.9. The summed E-state index contributed by atoms with van der Waals surface area (Å²) >= 11 is 2.49. The zero-order valence-electron chi connectivity index (χ0n) is 85.2. The maximum atomic E-state index is 9.79. The smallest absolute Gasteiger partial charge is 0.238 e. The molecule has 23 aromatic rings. The van der Waals surface area contributed by atoms with E-state index in [-0.39, 0.29) is 71.9 Å². The second kappa shape index (κ2) is 24.8. The van der Waals surface area contributed by atoms with Crippen LogP contribution in [-0.2, 0) is 0 Å². The number of thiophene rings is 2. The van der Waals surface area contributed by atoms with Gasteiger partial charge in [-0.05, 0) is 106 Å². The van der Waals surface area contributed by atoms with Crippen LogP contribution in [0.1, 0.15) is 41.1 Å². The first-order chi connectivity index (χ1) is 66.0. The third-order valence-corrected chi connectivity index (χ3v) is 21.0. The largest absolute Gasteiger partial charge is 0.456 e. The van der Waals surface area contributed by atoms with Crippen LogP contribution in [0.3, 0.4) is 0 Å². The molecule has 23 rings (SSSR count). The van der Waals surface area contributed by atoms with Gasteiger partial charge in [0, 0.05) is 106 Å². The number of rotatable bonds is 9. The Bertz CT molecular complexity index is 9430. The van der Waals surface area contributed by atoms with E-state index in [1.54, 1.807) is 53.8 Å². The lowest BCUT2D eigenvalue weighted by Gasteiger charge is -2.12. The zero-order valence-corrected chi connectivity index (χ0v) is 56.9. The standard InChI is InChI=1S/C51H30N4OS.C45H26N4OS/c1-3-12-31(13-4-1)32-22-24-34(25-23-32)49-52-50(35-26-27-39-43(30-35)56-42-20-11-18-36(46(39)42)33-14-5-2-6-15-33)54-51(53-49)55-41-19-9-7-16-37(41)38-28-29-45-47(48(38)55)40-17-8-10-21-44(40)57-45;1-3-12-27(13-4-1)30-18-11-20-36-40(30)33-23-22-29(26-37(33)50-36)44-46-43(28-14-5-2-6-15-28)47-45(48-44)49-35-19-9-7-16-31(35)32-24-25-39-41(42(32)49)34-17-8-10-21-38(34)51-39/h1-30H;1-26H/i2D,5D,6D,7D,8D,9D,10D,11D,14D,15D,16D,17D,18D,19D,20D,21D,22D,23D,24D,25D,26D,27D,28D,29D,30D;1D,3D,4D,12D,13D. The van der Waals surface area contributed by atoms with Gasteiger partial charge in [0.1, 0.15) is 22.3 Å². The second-order valence-corrected chi connectivity index (χ2v) is 27.0. The van der Waals surface area contributed by atoms with Gasteiger partial charge in [-0.2, -0.15) is 19.9 Å². The Balaban J connectivity index is 0.000000170. The summed E-state index contributed by atoms with van der Waals surface area (Å²) in [5.41, 5.74) is 0.826. The fraction of sp³-hybridized carbons (Fsp3) is 0. The Morgan fingerprint density at radius 3 is 1.64 bits per heavy atom. The SMILES string of the molecule is [2H]c1c([2H])c([2H])c(-c2c([2H])c([2H])c([2H])c3oc4c([2H])c(-c5nc(-c6c([2H])c([2H])c(-c7ccccc7)c([2H])c6[2H])nc(-n6c7c([2H])c([2H])c([2H])c([2H])c7c7c([2H])c([2H])c8sc9c([2H])c([2H])c([2H])c([2H])c9c8c76)n5)c([2H])c([2H])c4c23)c([2H])c1[2H].[2H]c1c([2H])c([2H])c(-c2cccc3oc4cc(-c5nc(-c6ccccc6)nc(-n6c7ccccc7c7ccc8sc9ccccc9c8c76)n5)ccc4c23)c([2H])c1[2H]. The minimum atomic E-state index is -0.930. The molecule has 8 heterocycles. The lowest BCUT2D eigenvalue weighted by Crippen LogP contribution is -2.06. The zero-order chi connectivity index (χ0) is 97.0. The van der Waals surface area contributed by atoms with Crippen LogP contribution in [0, 0.1) is 0 Å². The molecule has 12 heteroatoms. The van der Waals surface area contributed by atoms with Crippen LogP contribution in [0.5, 0.6) is 0 Å². The van der Waals surface area contributed by atoms with Crippen LogP contribution >= 0.6 is 22.7 Å². The van der Waals surface area contributed by atoms with Crippen LogP contribution in [0.2, 0.25) is 0 Å². The van der Waals surface area contributed by atoms with E-state index in [0.717, 1.165) is 54.0 Å². The van der Waals surface area contributed by atoms with E-state index in [4.69, 9.17) is 49.8 Å². The van der Waals surface area contributed by atoms with Crippen molar-refractivity contribution in [2.75, 3.05) is 0 Å². The third-order valence-electron chi connectivity index (χ3n) is 18.8. The van der Waals surface area contributed by atoms with E-state index < -0.39 is 230 Å². The van der Waals surface area contributed by atoms with Crippen molar-refractivity contribution in [2.24, 2.45) is 0 Å². The molecule has 0 N–H and O–H groups in total. The molecule has 0 saturated carbocycles. The van der Waals surface area contributed by atoms with Gasteiger partial charge in [-0.25, -0.2) is 9.97 Å². The van der Waals surface area contributed by atoms with Crippen molar-refractivity contribution < 1.29 is 50.0 Å². The normalized spacial score (nSPS) is 15.8. The number of nitrogens with zero attached hydrogens (tertiary/aromatic N) is 8. The van der Waals surface area contributed by atoms with Gasteiger partial charge in [0.25, 0.3) is 0 Å². The number of aromatic nitrogens is 8. The summed E-state index contributed by atoms with van der Waals surface area (Å²) in [6, 6.07) is 29.7. The highest BCUT2D eigenvalue weighted by Crippen LogP contribution is 2.47. The van der Waals surface area contributed by atoms with Crippen molar-refractivity contribution in [3.05, 3.63) is 339 Å². The molecule has 0 bridgehead atoms. The minimum absolute atomic E-state index is 0.0858. The maximum Gasteiger partial charge on any atom is 0.238 e. The quantitative estimate of drug-likeness (QED) is 0.140. The predicted molar refractivity (Wildman–Crippen MR) is 447 cm³/mol. The molecule has 0 spiro atoms. The molecular weight excluding hydrogens is 1360 g/mol. The number of furan rings is 2. The number of para-hydroxylation sites is 2. The Kier molecular flexibility index (Phi) is 8.88. The van der Waals surface area contributed by atoms with Gasteiger partial charge in [-0.15, -0.1) is 22.7 Å². The fourth-order valence-electron chi connectivity index (χ4n) is 14.1. The molecular formula is C96H56N8O2S2. The predicted octanol–water partition coefficient (Wildman–Crippen LogP) is 26.1. The first-order valence-corrected chi connectivity index (χ1v) is 35.2. The van der Waals surface area contributed by atoms with Gasteiger partial charge in [-0.3, -0.25) is 9.13 Å². The van der Waals surface area contributed by atoms with Crippen LogP contribution in [0.25, 0.3) is 219 Å². The topological polar surface area (TPSA) is 113 Å². The first-order valence-electron chi connectivity index (χ1n) is 48.5. The molecule has 10 nitrogen and oxygen atoms in total. The van der Waals surface area contributed by atoms with E-state index in [1.807, 2.05) is 60.7 Å². The Morgan fingerprint density at radius 2 is 0.843 bits per heavy atom. The monoisotopic (exact) mass is 1450 g/mol. The molecule has 8 aromatic heterocycles. The van der Waals surface area contributed by atoms with Crippen LogP contribution in [-0.4, -0.2) is 39.0 Å². The van der Waals surface area contributed by atoms with Crippen molar-refractivity contribution in [1.82, 2.24) is 39.0 Å². The molecule has 0 unspecified atom stereocenters. The van der Waals surface area contributed by atoms with E-state index in [2.05, 4.69) is 74.1 Å². The molecule has 0 radical (unpaired) electrons. The summed E-state index contributed by atoms with van der Waals surface area (Å²) in [6.07, 6.45) is 0. The van der Waals surface area contributed by atoms with Crippen molar-refractivity contribution in [3.8, 4) is 90.8 Å². The molecule has 0 aliphatic rings. The van der Waals surface area contributed by atoms with Gasteiger partial charge in [0.15, 0.2) is 23.3 Å².